The van der Waals surface area contributed by atoms with Gasteiger partial charge < -0.3 is 14.8 Å². The Balaban J connectivity index is 2.48. The van der Waals surface area contributed by atoms with Crippen LogP contribution in [0.25, 0.3) is 0 Å². The molecule has 5 nitrogen and oxygen atoms in total. The van der Waals surface area contributed by atoms with E-state index in [-0.39, 0.29) is 18.2 Å². The van der Waals surface area contributed by atoms with E-state index in [4.69, 9.17) is 9.47 Å². The number of rotatable bonds is 5. The number of aryl methyl sites for hydroxylation is 1. The molecular weight excluding hydrogens is 252 g/mol. The van der Waals surface area contributed by atoms with E-state index in [0.717, 1.165) is 5.00 Å². The van der Waals surface area contributed by atoms with Gasteiger partial charge in [-0.1, -0.05) is 0 Å². The first-order valence-corrected chi connectivity index (χ1v) is 6.57. The number of nitrogens with zero attached hydrogens (tertiary/aromatic N) is 1. The third kappa shape index (κ3) is 4.27. The first-order chi connectivity index (χ1) is 8.35. The van der Waals surface area contributed by atoms with Gasteiger partial charge in [-0.2, -0.15) is 4.37 Å². The van der Waals surface area contributed by atoms with Crippen molar-refractivity contribution in [3.8, 4) is 0 Å². The second-order valence-corrected chi connectivity index (χ2v) is 5.59. The Labute approximate surface area is 112 Å². The van der Waals surface area contributed by atoms with Crippen LogP contribution in [-0.2, 0) is 9.47 Å². The minimum atomic E-state index is -0.358. The summed E-state index contributed by atoms with van der Waals surface area (Å²) in [5, 5.41) is 3.67. The molecule has 0 saturated carbocycles. The van der Waals surface area contributed by atoms with Gasteiger partial charge in [-0.25, -0.2) is 4.79 Å². The highest BCUT2D eigenvalue weighted by atomic mass is 32.1. The van der Waals surface area contributed by atoms with Gasteiger partial charge in [0.15, 0.2) is 0 Å². The lowest BCUT2D eigenvalue weighted by Gasteiger charge is -2.19. The van der Waals surface area contributed by atoms with E-state index < -0.39 is 0 Å². The monoisotopic (exact) mass is 272 g/mol. The summed E-state index contributed by atoms with van der Waals surface area (Å²) in [6, 6.07) is 0. The highest BCUT2D eigenvalue weighted by Crippen LogP contribution is 2.24. The third-order valence-corrected chi connectivity index (χ3v) is 3.10. The van der Waals surface area contributed by atoms with Crippen LogP contribution in [0.4, 0.5) is 5.00 Å². The molecule has 0 fully saturated rings. The summed E-state index contributed by atoms with van der Waals surface area (Å²) >= 11 is 1.25. The van der Waals surface area contributed by atoms with Crippen molar-refractivity contribution in [3.63, 3.8) is 0 Å². The molecule has 1 aromatic rings. The molecule has 0 aliphatic rings. The highest BCUT2D eigenvalue weighted by Gasteiger charge is 2.19. The maximum atomic E-state index is 11.9. The lowest BCUT2D eigenvalue weighted by atomic mass is 10.2. The molecule has 1 rings (SSSR count). The first-order valence-electron chi connectivity index (χ1n) is 5.80. The van der Waals surface area contributed by atoms with Gasteiger partial charge in [0.25, 0.3) is 0 Å². The predicted molar refractivity (Wildman–Crippen MR) is 72.4 cm³/mol. The van der Waals surface area contributed by atoms with Gasteiger partial charge in [0.1, 0.15) is 17.2 Å². The number of carbonyl (C=O) groups is 1. The van der Waals surface area contributed by atoms with E-state index >= 15 is 0 Å². The average molecular weight is 272 g/mol. The van der Waals surface area contributed by atoms with Crippen LogP contribution in [0.3, 0.4) is 0 Å². The third-order valence-electron chi connectivity index (χ3n) is 2.15. The molecule has 0 aliphatic carbocycles. The summed E-state index contributed by atoms with van der Waals surface area (Å²) in [6.45, 7) is 8.30. The van der Waals surface area contributed by atoms with Crippen LogP contribution in [0, 0.1) is 6.92 Å². The molecule has 0 unspecified atom stereocenters. The van der Waals surface area contributed by atoms with E-state index in [2.05, 4.69) is 9.69 Å². The van der Waals surface area contributed by atoms with E-state index in [0.29, 0.717) is 17.9 Å². The SMILES string of the molecule is CNc1snc(C)c1C(=O)OCCOC(C)(C)C. The second-order valence-electron chi connectivity index (χ2n) is 4.82. The zero-order valence-corrected chi connectivity index (χ0v) is 12.3. The van der Waals surface area contributed by atoms with Crippen molar-refractivity contribution in [2.75, 3.05) is 25.6 Å². The quantitative estimate of drug-likeness (QED) is 0.659. The van der Waals surface area contributed by atoms with Crippen LogP contribution in [0.5, 0.6) is 0 Å². The Hall–Kier alpha value is -1.14. The molecule has 0 aliphatic heterocycles. The minimum absolute atomic E-state index is 0.220. The topological polar surface area (TPSA) is 60.5 Å². The minimum Gasteiger partial charge on any atom is -0.460 e. The van der Waals surface area contributed by atoms with E-state index in [1.165, 1.54) is 11.5 Å². The molecule has 0 bridgehead atoms. The van der Waals surface area contributed by atoms with Crippen molar-refractivity contribution in [3.05, 3.63) is 11.3 Å². The zero-order chi connectivity index (χ0) is 13.8. The second kappa shape index (κ2) is 6.15. The molecule has 0 amide bonds. The van der Waals surface area contributed by atoms with Gasteiger partial charge in [0, 0.05) is 7.05 Å². The van der Waals surface area contributed by atoms with Crippen LogP contribution in [0.15, 0.2) is 0 Å². The lowest BCUT2D eigenvalue weighted by Crippen LogP contribution is -2.22. The summed E-state index contributed by atoms with van der Waals surface area (Å²) in [5.41, 5.74) is 0.979. The van der Waals surface area contributed by atoms with E-state index in [1.54, 1.807) is 14.0 Å². The largest absolute Gasteiger partial charge is 0.460 e. The number of hydrogen-bond donors (Lipinski definition) is 1. The average Bonchev–Trinajstić information content (AvgIpc) is 2.64. The molecule has 102 valence electrons. The van der Waals surface area contributed by atoms with Crippen LogP contribution < -0.4 is 5.32 Å². The Bertz CT molecular complexity index is 410. The Morgan fingerprint density at radius 3 is 2.61 bits per heavy atom. The molecule has 0 atom stereocenters. The van der Waals surface area contributed by atoms with Crippen molar-refractivity contribution >= 4 is 22.5 Å². The van der Waals surface area contributed by atoms with Gasteiger partial charge in [-0.15, -0.1) is 0 Å². The standard InChI is InChI=1S/C12H20N2O3S/c1-8-9(10(13-5)18-14-8)11(15)16-6-7-17-12(2,3)4/h13H,6-7H2,1-5H3. The molecule has 1 heterocycles. The number of aromatic nitrogens is 1. The molecule has 0 spiro atoms. The van der Waals surface area contributed by atoms with Crippen LogP contribution in [0.1, 0.15) is 36.8 Å². The van der Waals surface area contributed by atoms with Crippen LogP contribution >= 0.6 is 11.5 Å². The van der Waals surface area contributed by atoms with Crippen molar-refractivity contribution in [2.24, 2.45) is 0 Å². The van der Waals surface area contributed by atoms with Gasteiger partial charge >= 0.3 is 5.97 Å². The maximum absolute atomic E-state index is 11.9. The number of carbonyl (C=O) groups excluding carboxylic acids is 1. The zero-order valence-electron chi connectivity index (χ0n) is 11.5. The number of anilines is 1. The number of ether oxygens (including phenoxy) is 2. The molecule has 0 aromatic carbocycles. The molecule has 0 radical (unpaired) electrons. The highest BCUT2D eigenvalue weighted by molar-refractivity contribution is 7.10. The fourth-order valence-electron chi connectivity index (χ4n) is 1.34. The number of esters is 1. The summed E-state index contributed by atoms with van der Waals surface area (Å²) in [5.74, 6) is -0.358. The summed E-state index contributed by atoms with van der Waals surface area (Å²) in [6.07, 6.45) is 0. The maximum Gasteiger partial charge on any atom is 0.343 e. The normalized spacial score (nSPS) is 11.4. The molecule has 0 saturated heterocycles. The van der Waals surface area contributed by atoms with Crippen molar-refractivity contribution < 1.29 is 14.3 Å². The van der Waals surface area contributed by atoms with Crippen molar-refractivity contribution in [2.45, 2.75) is 33.3 Å². The Morgan fingerprint density at radius 1 is 1.39 bits per heavy atom. The summed E-state index contributed by atoms with van der Waals surface area (Å²) < 4.78 is 14.8. The Morgan fingerprint density at radius 2 is 2.06 bits per heavy atom. The number of nitrogens with one attached hydrogen (secondary N) is 1. The fraction of sp³-hybridized carbons (Fsp3) is 0.667. The predicted octanol–water partition coefficient (Wildman–Crippen LogP) is 2.47. The van der Waals surface area contributed by atoms with Crippen molar-refractivity contribution in [1.82, 2.24) is 4.37 Å². The van der Waals surface area contributed by atoms with Gasteiger partial charge in [-0.05, 0) is 39.2 Å². The van der Waals surface area contributed by atoms with Crippen LogP contribution in [-0.4, -0.2) is 36.2 Å². The van der Waals surface area contributed by atoms with E-state index in [9.17, 15) is 4.79 Å². The summed E-state index contributed by atoms with van der Waals surface area (Å²) in [4.78, 5) is 11.9. The molecule has 18 heavy (non-hydrogen) atoms. The summed E-state index contributed by atoms with van der Waals surface area (Å²) in [7, 11) is 1.76. The lowest BCUT2D eigenvalue weighted by molar-refractivity contribution is -0.0281. The van der Waals surface area contributed by atoms with Gasteiger partial charge in [-0.3, -0.25) is 0 Å². The Kier molecular flexibility index (Phi) is 5.10. The molecule has 6 heteroatoms. The van der Waals surface area contributed by atoms with Crippen molar-refractivity contribution in [1.29, 1.82) is 0 Å². The van der Waals surface area contributed by atoms with E-state index in [1.807, 2.05) is 20.8 Å². The number of hydrogen-bond acceptors (Lipinski definition) is 6. The van der Waals surface area contributed by atoms with Gasteiger partial charge in [0.05, 0.1) is 17.9 Å². The molecule has 1 aromatic heterocycles. The first kappa shape index (κ1) is 14.9. The fourth-order valence-corrected chi connectivity index (χ4v) is 2.07. The molecular formula is C12H20N2O3S. The van der Waals surface area contributed by atoms with Gasteiger partial charge in [0.2, 0.25) is 0 Å². The van der Waals surface area contributed by atoms with Crippen LogP contribution in [0.2, 0.25) is 0 Å². The smallest absolute Gasteiger partial charge is 0.343 e. The molecule has 1 N–H and O–H groups in total.